The number of aromatic nitrogens is 2. The Morgan fingerprint density at radius 2 is 2.26 bits per heavy atom. The topological polar surface area (TPSA) is 96.8 Å². The van der Waals surface area contributed by atoms with Gasteiger partial charge in [0.25, 0.3) is 0 Å². The number of likely N-dealkylation sites (tertiary alicyclic amines) is 1. The summed E-state index contributed by atoms with van der Waals surface area (Å²) in [5, 5.41) is 17.1. The summed E-state index contributed by atoms with van der Waals surface area (Å²) in [6.45, 7) is 6.31. The third kappa shape index (κ3) is 3.57. The second-order valence-electron chi connectivity index (χ2n) is 8.14. The molecule has 1 saturated heterocycles. The quantitative estimate of drug-likeness (QED) is 0.758. The Bertz CT molecular complexity index is 878. The smallest absolute Gasteiger partial charge is 0.317 e. The van der Waals surface area contributed by atoms with E-state index < -0.39 is 0 Å². The van der Waals surface area contributed by atoms with Gasteiger partial charge in [0.15, 0.2) is 0 Å². The molecule has 7 nitrogen and oxygen atoms in total. The van der Waals surface area contributed by atoms with Gasteiger partial charge in [0.05, 0.1) is 11.3 Å². The maximum Gasteiger partial charge on any atom is 0.317 e. The van der Waals surface area contributed by atoms with Crippen LogP contribution in [0.25, 0.3) is 11.0 Å². The lowest BCUT2D eigenvalue weighted by Gasteiger charge is -2.21. The number of hydrogen-bond donors (Lipinski definition) is 3. The highest BCUT2D eigenvalue weighted by atomic mass is 16.2. The van der Waals surface area contributed by atoms with Crippen molar-refractivity contribution in [3.05, 3.63) is 24.0 Å². The zero-order valence-electron chi connectivity index (χ0n) is 15.8. The summed E-state index contributed by atoms with van der Waals surface area (Å²) in [5.41, 5.74) is 2.13. The molecule has 0 spiro atoms. The van der Waals surface area contributed by atoms with Gasteiger partial charge in [0.2, 0.25) is 0 Å². The Balaban J connectivity index is 1.55. The van der Waals surface area contributed by atoms with Crippen LogP contribution in [0.1, 0.15) is 32.3 Å². The average molecular weight is 366 g/mol. The number of carbonyl (C=O) groups is 1. The number of nitrogens with zero attached hydrogens (tertiary/aromatic N) is 3. The van der Waals surface area contributed by atoms with Crippen molar-refractivity contribution < 1.29 is 4.79 Å². The fraction of sp³-hybridized carbons (Fsp3) is 0.550. The van der Waals surface area contributed by atoms with Crippen LogP contribution >= 0.6 is 0 Å². The van der Waals surface area contributed by atoms with E-state index in [2.05, 4.69) is 40.5 Å². The Morgan fingerprint density at radius 3 is 2.96 bits per heavy atom. The minimum Gasteiger partial charge on any atom is -0.378 e. The van der Waals surface area contributed by atoms with Crippen molar-refractivity contribution >= 4 is 22.8 Å². The van der Waals surface area contributed by atoms with Gasteiger partial charge >= 0.3 is 6.03 Å². The molecule has 2 atom stereocenters. The zero-order chi connectivity index (χ0) is 19.0. The summed E-state index contributed by atoms with van der Waals surface area (Å²) in [6, 6.07) is 4.35. The molecule has 4 rings (SSSR count). The maximum atomic E-state index is 12.6. The fourth-order valence-corrected chi connectivity index (χ4v) is 3.99. The second kappa shape index (κ2) is 7.10. The van der Waals surface area contributed by atoms with E-state index >= 15 is 0 Å². The molecule has 2 aromatic rings. The maximum absolute atomic E-state index is 12.6. The Kier molecular flexibility index (Phi) is 4.65. The molecule has 0 unspecified atom stereocenters. The lowest BCUT2D eigenvalue weighted by molar-refractivity contribution is 0.205. The highest BCUT2D eigenvalue weighted by molar-refractivity contribution is 5.92. The zero-order valence-corrected chi connectivity index (χ0v) is 15.8. The van der Waals surface area contributed by atoms with E-state index in [1.54, 1.807) is 6.20 Å². The second-order valence-corrected chi connectivity index (χ2v) is 8.14. The molecule has 2 aromatic heterocycles. The minimum atomic E-state index is 0.0145. The number of amides is 2. The summed E-state index contributed by atoms with van der Waals surface area (Å²) in [6.07, 6.45) is 5.90. The van der Waals surface area contributed by atoms with Crippen LogP contribution in [-0.4, -0.2) is 46.6 Å². The van der Waals surface area contributed by atoms with Crippen LogP contribution in [0, 0.1) is 29.1 Å². The number of pyridine rings is 1. The fourth-order valence-electron chi connectivity index (χ4n) is 3.99. The molecule has 1 aliphatic heterocycles. The summed E-state index contributed by atoms with van der Waals surface area (Å²) < 4.78 is 0. The van der Waals surface area contributed by atoms with Crippen molar-refractivity contribution in [1.29, 1.82) is 5.26 Å². The van der Waals surface area contributed by atoms with E-state index in [0.29, 0.717) is 36.4 Å². The molecule has 0 radical (unpaired) electrons. The summed E-state index contributed by atoms with van der Waals surface area (Å²) in [7, 11) is 0. The van der Waals surface area contributed by atoms with Crippen LogP contribution in [0.4, 0.5) is 10.5 Å². The number of hydrogen-bond acceptors (Lipinski definition) is 4. The molecule has 3 heterocycles. The molecule has 7 heteroatoms. The first-order valence-electron chi connectivity index (χ1n) is 9.72. The highest BCUT2D eigenvalue weighted by Gasteiger charge is 2.44. The summed E-state index contributed by atoms with van der Waals surface area (Å²) >= 11 is 0. The largest absolute Gasteiger partial charge is 0.378 e. The van der Waals surface area contributed by atoms with Gasteiger partial charge in [-0.2, -0.15) is 5.26 Å². The van der Waals surface area contributed by atoms with Gasteiger partial charge in [-0.25, -0.2) is 9.78 Å². The van der Waals surface area contributed by atoms with Crippen molar-refractivity contribution in [1.82, 2.24) is 20.2 Å². The molecule has 0 aromatic carbocycles. The van der Waals surface area contributed by atoms with Crippen molar-refractivity contribution in [3.63, 3.8) is 0 Å². The predicted octanol–water partition coefficient (Wildman–Crippen LogP) is 2.92. The van der Waals surface area contributed by atoms with Crippen molar-refractivity contribution in [2.24, 2.45) is 17.8 Å². The third-order valence-corrected chi connectivity index (χ3v) is 5.58. The van der Waals surface area contributed by atoms with Gasteiger partial charge in [0, 0.05) is 49.4 Å². The molecule has 27 heavy (non-hydrogen) atoms. The number of nitrogens with one attached hydrogen (secondary N) is 3. The molecule has 1 saturated carbocycles. The van der Waals surface area contributed by atoms with Crippen LogP contribution in [0.3, 0.4) is 0 Å². The number of carbonyl (C=O) groups excluding carboxylic acids is 1. The van der Waals surface area contributed by atoms with E-state index in [9.17, 15) is 10.1 Å². The normalized spacial score (nSPS) is 22.2. The molecule has 2 fully saturated rings. The van der Waals surface area contributed by atoms with E-state index in [1.807, 2.05) is 17.2 Å². The van der Waals surface area contributed by atoms with E-state index in [4.69, 9.17) is 0 Å². The van der Waals surface area contributed by atoms with Gasteiger partial charge in [-0.05, 0) is 30.7 Å². The number of aromatic amines is 1. The van der Waals surface area contributed by atoms with Gasteiger partial charge in [-0.1, -0.05) is 13.8 Å². The lowest BCUT2D eigenvalue weighted by Crippen LogP contribution is -2.41. The van der Waals surface area contributed by atoms with Crippen LogP contribution in [0.15, 0.2) is 18.5 Å². The van der Waals surface area contributed by atoms with E-state index in [1.165, 1.54) is 12.8 Å². The number of H-pyrrole nitrogens is 1. The SMILES string of the molecule is CC(C)CNC(=O)N1C[C@H](C2CC2)[C@H](Nc2c(C#N)cnc3[nH]ccc23)C1. The van der Waals surface area contributed by atoms with Crippen LogP contribution in [0.2, 0.25) is 0 Å². The number of urea groups is 1. The molecular weight excluding hydrogens is 340 g/mol. The van der Waals surface area contributed by atoms with Crippen molar-refractivity contribution in [2.45, 2.75) is 32.7 Å². The van der Waals surface area contributed by atoms with Gasteiger partial charge < -0.3 is 20.5 Å². The monoisotopic (exact) mass is 366 g/mol. The third-order valence-electron chi connectivity index (χ3n) is 5.58. The Hall–Kier alpha value is -2.75. The van der Waals surface area contributed by atoms with Crippen LogP contribution < -0.4 is 10.6 Å². The number of nitriles is 1. The number of rotatable bonds is 5. The van der Waals surface area contributed by atoms with Crippen molar-refractivity contribution in [2.75, 3.05) is 25.0 Å². The molecule has 2 aliphatic rings. The average Bonchev–Trinajstić information content (AvgIpc) is 3.23. The molecule has 3 N–H and O–H groups in total. The molecular formula is C20H26N6O. The first-order valence-corrected chi connectivity index (χ1v) is 9.72. The molecule has 1 aliphatic carbocycles. The predicted molar refractivity (Wildman–Crippen MR) is 104 cm³/mol. The van der Waals surface area contributed by atoms with E-state index in [0.717, 1.165) is 23.3 Å². The van der Waals surface area contributed by atoms with E-state index in [-0.39, 0.29) is 12.1 Å². The standard InChI is InChI=1S/C20H26N6O/c1-12(2)8-24-20(27)26-10-16(13-3-4-13)17(11-26)25-18-14(7-21)9-23-19-15(18)5-6-22-19/h5-6,9,12-13,16-17H,3-4,8,10-11H2,1-2H3,(H,24,27)(H2,22,23,25)/t16-,17-/m1/s1. The molecule has 142 valence electrons. The molecule has 2 amide bonds. The van der Waals surface area contributed by atoms with Crippen LogP contribution in [-0.2, 0) is 0 Å². The minimum absolute atomic E-state index is 0.0145. The molecule has 0 bridgehead atoms. The van der Waals surface area contributed by atoms with Crippen molar-refractivity contribution in [3.8, 4) is 6.07 Å². The van der Waals surface area contributed by atoms with Gasteiger partial charge in [-0.15, -0.1) is 0 Å². The number of anilines is 1. The Morgan fingerprint density at radius 1 is 1.44 bits per heavy atom. The van der Waals surface area contributed by atoms with Crippen LogP contribution in [0.5, 0.6) is 0 Å². The number of fused-ring (bicyclic) bond motifs is 1. The van der Waals surface area contributed by atoms with Gasteiger partial charge in [0.1, 0.15) is 11.7 Å². The lowest BCUT2D eigenvalue weighted by atomic mass is 9.97. The van der Waals surface area contributed by atoms with Gasteiger partial charge in [-0.3, -0.25) is 0 Å². The Labute approximate surface area is 159 Å². The summed E-state index contributed by atoms with van der Waals surface area (Å²) in [5.74, 6) is 1.52. The summed E-state index contributed by atoms with van der Waals surface area (Å²) in [4.78, 5) is 21.9. The highest BCUT2D eigenvalue weighted by Crippen LogP contribution is 2.42. The first kappa shape index (κ1) is 17.7. The first-order chi connectivity index (χ1) is 13.1.